The van der Waals surface area contributed by atoms with Gasteiger partial charge < -0.3 is 4.74 Å². The van der Waals surface area contributed by atoms with E-state index < -0.39 is 0 Å². The Balaban J connectivity index is 1.88. The number of carbonyl (C=O) groups excluding carboxylic acids is 2. The topological polar surface area (TPSA) is 46.6 Å². The van der Waals surface area contributed by atoms with E-state index in [1.165, 1.54) is 0 Å². The van der Waals surface area contributed by atoms with Gasteiger partial charge in [-0.2, -0.15) is 0 Å². The molecule has 1 aliphatic rings. The molecule has 2 amide bonds. The molecule has 0 unspecified atom stereocenters. The molecule has 1 aliphatic heterocycles. The van der Waals surface area contributed by atoms with Crippen LogP contribution in [0.4, 0.5) is 10.5 Å². The summed E-state index contributed by atoms with van der Waals surface area (Å²) in [5, 5.41) is 0.202. The van der Waals surface area contributed by atoms with E-state index in [1.807, 2.05) is 19.1 Å². The summed E-state index contributed by atoms with van der Waals surface area (Å²) in [6.45, 7) is 2.45. The third-order valence-corrected chi connectivity index (χ3v) is 4.61. The van der Waals surface area contributed by atoms with Crippen molar-refractivity contribution in [3.8, 4) is 5.75 Å². The van der Waals surface area contributed by atoms with Crippen LogP contribution in [0.1, 0.15) is 12.5 Å². The van der Waals surface area contributed by atoms with Crippen LogP contribution < -0.4 is 9.64 Å². The zero-order valence-corrected chi connectivity index (χ0v) is 14.4. The Labute approximate surface area is 149 Å². The number of imide groups is 1. The zero-order chi connectivity index (χ0) is 17.1. The number of ether oxygens (including phenoxy) is 1. The van der Waals surface area contributed by atoms with Crippen LogP contribution in [0.5, 0.6) is 5.75 Å². The minimum Gasteiger partial charge on any atom is -0.494 e. The normalized spacial score (nSPS) is 16.1. The Morgan fingerprint density at radius 2 is 1.83 bits per heavy atom. The molecule has 2 aromatic rings. The molecular weight excluding hydrogens is 346 g/mol. The van der Waals surface area contributed by atoms with Crippen LogP contribution in [-0.4, -0.2) is 17.8 Å². The van der Waals surface area contributed by atoms with Crippen LogP contribution in [0.3, 0.4) is 0 Å². The number of rotatable bonds is 4. The fourth-order valence-electron chi connectivity index (χ4n) is 2.28. The molecule has 0 N–H and O–H groups in total. The molecule has 0 aliphatic carbocycles. The summed E-state index contributed by atoms with van der Waals surface area (Å²) in [6, 6.07) is 14.0. The summed E-state index contributed by atoms with van der Waals surface area (Å²) in [5.74, 6) is 0.342. The third-order valence-electron chi connectivity index (χ3n) is 3.39. The molecule has 122 valence electrons. The van der Waals surface area contributed by atoms with Crippen molar-refractivity contribution in [1.82, 2.24) is 0 Å². The fraction of sp³-hybridized carbons (Fsp3) is 0.111. The van der Waals surface area contributed by atoms with Crippen LogP contribution >= 0.6 is 23.4 Å². The van der Waals surface area contributed by atoms with E-state index in [0.717, 1.165) is 16.7 Å². The average Bonchev–Trinajstić information content (AvgIpc) is 2.85. The first-order valence-corrected chi connectivity index (χ1v) is 8.55. The number of hydrogen-bond donors (Lipinski definition) is 0. The van der Waals surface area contributed by atoms with Crippen LogP contribution in [0.25, 0.3) is 6.08 Å². The lowest BCUT2D eigenvalue weighted by atomic mass is 10.2. The second kappa shape index (κ2) is 7.11. The minimum absolute atomic E-state index is 0.331. The predicted molar refractivity (Wildman–Crippen MR) is 97.5 cm³/mol. The summed E-state index contributed by atoms with van der Waals surface area (Å²) < 4.78 is 5.37. The summed E-state index contributed by atoms with van der Waals surface area (Å²) in [7, 11) is 0. The lowest BCUT2D eigenvalue weighted by Crippen LogP contribution is -2.27. The highest BCUT2D eigenvalue weighted by Crippen LogP contribution is 2.36. The van der Waals surface area contributed by atoms with Crippen molar-refractivity contribution in [1.29, 1.82) is 0 Å². The van der Waals surface area contributed by atoms with Crippen molar-refractivity contribution in [2.45, 2.75) is 6.92 Å². The molecule has 1 saturated heterocycles. The molecule has 0 radical (unpaired) electrons. The number of benzene rings is 2. The number of halogens is 1. The van der Waals surface area contributed by atoms with Gasteiger partial charge in [0.2, 0.25) is 0 Å². The molecule has 2 aromatic carbocycles. The van der Waals surface area contributed by atoms with E-state index >= 15 is 0 Å². The molecule has 0 spiro atoms. The summed E-state index contributed by atoms with van der Waals surface area (Å²) in [5.41, 5.74) is 1.22. The van der Waals surface area contributed by atoms with E-state index in [2.05, 4.69) is 0 Å². The van der Waals surface area contributed by atoms with Gasteiger partial charge in [-0.05, 0) is 60.7 Å². The highest BCUT2D eigenvalue weighted by atomic mass is 35.5. The molecule has 1 fully saturated rings. The maximum Gasteiger partial charge on any atom is 0.298 e. The minimum atomic E-state index is -0.353. The van der Waals surface area contributed by atoms with Gasteiger partial charge >= 0.3 is 0 Å². The van der Waals surface area contributed by atoms with Gasteiger partial charge in [0.05, 0.1) is 17.2 Å². The number of thioether (sulfide) groups is 1. The molecule has 24 heavy (non-hydrogen) atoms. The summed E-state index contributed by atoms with van der Waals surface area (Å²) in [4.78, 5) is 26.3. The van der Waals surface area contributed by atoms with Gasteiger partial charge in [0.15, 0.2) is 0 Å². The monoisotopic (exact) mass is 359 g/mol. The number of hydrogen-bond acceptors (Lipinski definition) is 4. The Morgan fingerprint density at radius 1 is 1.12 bits per heavy atom. The largest absolute Gasteiger partial charge is 0.494 e. The lowest BCUT2D eigenvalue weighted by Gasteiger charge is -2.13. The Hall–Kier alpha value is -2.24. The molecule has 0 atom stereocenters. The number of nitrogens with zero attached hydrogens (tertiary/aromatic N) is 1. The Morgan fingerprint density at radius 3 is 2.50 bits per heavy atom. The number of carbonyl (C=O) groups is 2. The van der Waals surface area contributed by atoms with E-state index in [4.69, 9.17) is 16.3 Å². The summed E-state index contributed by atoms with van der Waals surface area (Å²) in [6.07, 6.45) is 1.64. The van der Waals surface area contributed by atoms with Crippen LogP contribution in [0.15, 0.2) is 53.4 Å². The van der Waals surface area contributed by atoms with E-state index in [9.17, 15) is 9.59 Å². The smallest absolute Gasteiger partial charge is 0.298 e. The van der Waals surface area contributed by atoms with E-state index in [-0.39, 0.29) is 11.1 Å². The van der Waals surface area contributed by atoms with Gasteiger partial charge in [-0.25, -0.2) is 4.90 Å². The molecule has 0 aromatic heterocycles. The van der Waals surface area contributed by atoms with E-state index in [1.54, 1.807) is 42.5 Å². The molecular formula is C18H14ClNO3S. The molecule has 0 saturated carbocycles. The first kappa shape index (κ1) is 16.6. The highest BCUT2D eigenvalue weighted by molar-refractivity contribution is 8.19. The highest BCUT2D eigenvalue weighted by Gasteiger charge is 2.36. The summed E-state index contributed by atoms with van der Waals surface area (Å²) >= 11 is 7.01. The number of anilines is 1. The average molecular weight is 360 g/mol. The third kappa shape index (κ3) is 3.32. The second-order valence-electron chi connectivity index (χ2n) is 4.97. The SMILES string of the molecule is CCOc1ccc(N2C(=O)S/C(=C\c3ccccc3Cl)C2=O)cc1. The quantitative estimate of drug-likeness (QED) is 0.722. The second-order valence-corrected chi connectivity index (χ2v) is 6.37. The molecule has 0 bridgehead atoms. The van der Waals surface area contributed by atoms with Gasteiger partial charge in [-0.3, -0.25) is 9.59 Å². The van der Waals surface area contributed by atoms with Crippen LogP contribution in [0.2, 0.25) is 5.02 Å². The maximum absolute atomic E-state index is 12.6. The van der Waals surface area contributed by atoms with Gasteiger partial charge in [0.25, 0.3) is 11.1 Å². The van der Waals surface area contributed by atoms with Crippen LogP contribution in [-0.2, 0) is 4.79 Å². The molecule has 3 rings (SSSR count). The fourth-order valence-corrected chi connectivity index (χ4v) is 3.30. The van der Waals surface area contributed by atoms with Crippen LogP contribution in [0, 0.1) is 0 Å². The van der Waals surface area contributed by atoms with Gasteiger partial charge in [-0.15, -0.1) is 0 Å². The maximum atomic E-state index is 12.6. The number of amides is 2. The van der Waals surface area contributed by atoms with Gasteiger partial charge in [0, 0.05) is 5.02 Å². The first-order chi connectivity index (χ1) is 11.6. The van der Waals surface area contributed by atoms with Crippen molar-refractivity contribution in [3.05, 3.63) is 64.0 Å². The first-order valence-electron chi connectivity index (χ1n) is 7.35. The lowest BCUT2D eigenvalue weighted by molar-refractivity contribution is -0.113. The zero-order valence-electron chi connectivity index (χ0n) is 12.9. The van der Waals surface area contributed by atoms with E-state index in [0.29, 0.717) is 33.5 Å². The van der Waals surface area contributed by atoms with Crippen molar-refractivity contribution >= 4 is 46.3 Å². The Bertz CT molecular complexity index is 817. The van der Waals surface area contributed by atoms with Crippen molar-refractivity contribution < 1.29 is 14.3 Å². The van der Waals surface area contributed by atoms with Gasteiger partial charge in [-0.1, -0.05) is 29.8 Å². The molecule has 1 heterocycles. The Kier molecular flexibility index (Phi) is 4.92. The van der Waals surface area contributed by atoms with Crippen molar-refractivity contribution in [2.75, 3.05) is 11.5 Å². The van der Waals surface area contributed by atoms with Gasteiger partial charge in [0.1, 0.15) is 5.75 Å². The van der Waals surface area contributed by atoms with Crippen molar-refractivity contribution in [3.63, 3.8) is 0 Å². The standard InChI is InChI=1S/C18H14ClNO3S/c1-2-23-14-9-7-13(8-10-14)20-17(21)16(24-18(20)22)11-12-5-3-4-6-15(12)19/h3-11H,2H2,1H3/b16-11-. The predicted octanol–water partition coefficient (Wildman–Crippen LogP) is 4.98. The molecule has 6 heteroatoms. The van der Waals surface area contributed by atoms with Crippen molar-refractivity contribution in [2.24, 2.45) is 0 Å². The molecule has 4 nitrogen and oxygen atoms in total.